The van der Waals surface area contributed by atoms with E-state index in [1.165, 1.54) is 11.3 Å². The average molecular weight is 482 g/mol. The van der Waals surface area contributed by atoms with Crippen molar-refractivity contribution in [2.24, 2.45) is 5.92 Å². The zero-order valence-corrected chi connectivity index (χ0v) is 20.7. The zero-order chi connectivity index (χ0) is 24.7. The quantitative estimate of drug-likeness (QED) is 0.355. The number of hydrogen-bond donors (Lipinski definition) is 4. The molecule has 0 aliphatic carbocycles. The van der Waals surface area contributed by atoms with Crippen LogP contribution in [-0.2, 0) is 16.1 Å². The Labute approximate surface area is 203 Å². The van der Waals surface area contributed by atoms with Gasteiger partial charge in [-0.15, -0.1) is 0 Å². The van der Waals surface area contributed by atoms with E-state index in [9.17, 15) is 14.4 Å². The highest BCUT2D eigenvalue weighted by atomic mass is 32.1. The van der Waals surface area contributed by atoms with E-state index < -0.39 is 6.04 Å². The number of fused-ring (bicyclic) bond motifs is 1. The molecular weight excluding hydrogens is 450 g/mol. The Hall–Kier alpha value is -3.46. The molecule has 3 aromatic rings. The van der Waals surface area contributed by atoms with Gasteiger partial charge in [-0.05, 0) is 54.7 Å². The van der Waals surface area contributed by atoms with Crippen molar-refractivity contribution in [3.05, 3.63) is 59.2 Å². The van der Waals surface area contributed by atoms with Crippen LogP contribution in [0.4, 0.5) is 5.13 Å². The minimum Gasteiger partial charge on any atom is -0.355 e. The fourth-order valence-electron chi connectivity index (χ4n) is 3.44. The highest BCUT2D eigenvalue weighted by Crippen LogP contribution is 2.26. The summed E-state index contributed by atoms with van der Waals surface area (Å²) in [5.74, 6) is -0.452. The minimum atomic E-state index is -0.641. The Bertz CT molecular complexity index is 1160. The van der Waals surface area contributed by atoms with Crippen LogP contribution in [0.3, 0.4) is 0 Å². The highest BCUT2D eigenvalue weighted by Gasteiger charge is 2.22. The number of nitrogens with one attached hydrogen (secondary N) is 4. The second-order valence-electron chi connectivity index (χ2n) is 8.59. The van der Waals surface area contributed by atoms with Crippen LogP contribution >= 0.6 is 11.3 Å². The topological polar surface area (TPSA) is 112 Å². The molecule has 1 atom stereocenters. The number of hydrogen-bond acceptors (Lipinski definition) is 6. The van der Waals surface area contributed by atoms with Gasteiger partial charge in [0.15, 0.2) is 5.13 Å². The monoisotopic (exact) mass is 481 g/mol. The van der Waals surface area contributed by atoms with Crippen LogP contribution in [-0.4, -0.2) is 42.3 Å². The normalized spacial score (nSPS) is 11.8. The Morgan fingerprint density at radius 2 is 1.79 bits per heavy atom. The molecule has 0 aliphatic rings. The molecule has 0 radical (unpaired) electrons. The first-order valence-electron chi connectivity index (χ1n) is 11.2. The summed E-state index contributed by atoms with van der Waals surface area (Å²) in [5.41, 5.74) is 3.46. The summed E-state index contributed by atoms with van der Waals surface area (Å²) in [6, 6.07) is 12.4. The van der Waals surface area contributed by atoms with Crippen LogP contribution in [0.25, 0.3) is 10.2 Å². The van der Waals surface area contributed by atoms with E-state index in [0.29, 0.717) is 23.7 Å². The van der Waals surface area contributed by atoms with E-state index in [-0.39, 0.29) is 30.2 Å². The molecule has 0 saturated heterocycles. The maximum Gasteiger partial charge on any atom is 0.251 e. The van der Waals surface area contributed by atoms with Crippen LogP contribution in [0.1, 0.15) is 41.8 Å². The SMILES string of the molecule is CNC(=O)c1ccc(CNC(=O)[C@H](CC(C)C)NC(=O)CNc2nc3ccc(C)cc3s2)cc1. The number of carbonyl (C=O) groups is 3. The molecule has 9 heteroatoms. The van der Waals surface area contributed by atoms with Gasteiger partial charge in [-0.25, -0.2) is 4.98 Å². The standard InChI is InChI=1S/C25H31N5O3S/c1-15(2)11-20(24(33)27-13-17-6-8-18(9-7-17)23(32)26-4)29-22(31)14-28-25-30-19-10-5-16(3)12-21(19)34-25/h5-10,12,15,20H,11,13-14H2,1-4H3,(H,26,32)(H,27,33)(H,28,30)(H,29,31)/t20-/m0/s1. The summed E-state index contributed by atoms with van der Waals surface area (Å²) in [7, 11) is 1.58. The summed E-state index contributed by atoms with van der Waals surface area (Å²) in [6.45, 7) is 6.37. The second-order valence-corrected chi connectivity index (χ2v) is 9.62. The molecule has 0 spiro atoms. The van der Waals surface area contributed by atoms with E-state index >= 15 is 0 Å². The van der Waals surface area contributed by atoms with E-state index in [1.54, 1.807) is 31.3 Å². The number of benzene rings is 2. The Morgan fingerprint density at radius 3 is 2.47 bits per heavy atom. The molecule has 4 N–H and O–H groups in total. The van der Waals surface area contributed by atoms with Gasteiger partial charge >= 0.3 is 0 Å². The van der Waals surface area contributed by atoms with Crippen LogP contribution in [0, 0.1) is 12.8 Å². The maximum atomic E-state index is 12.8. The van der Waals surface area contributed by atoms with Crippen molar-refractivity contribution < 1.29 is 14.4 Å². The molecular formula is C25H31N5O3S. The number of aromatic nitrogens is 1. The van der Waals surface area contributed by atoms with Gasteiger partial charge in [-0.1, -0.05) is 43.4 Å². The predicted octanol–water partition coefficient (Wildman–Crippen LogP) is 3.22. The predicted molar refractivity (Wildman–Crippen MR) is 136 cm³/mol. The molecule has 3 amide bonds. The van der Waals surface area contributed by atoms with Crippen LogP contribution in [0.2, 0.25) is 0 Å². The van der Waals surface area contributed by atoms with Gasteiger partial charge in [-0.2, -0.15) is 0 Å². The first-order valence-corrected chi connectivity index (χ1v) is 12.1. The van der Waals surface area contributed by atoms with E-state index in [4.69, 9.17) is 0 Å². The zero-order valence-electron chi connectivity index (χ0n) is 19.9. The van der Waals surface area contributed by atoms with Gasteiger partial charge < -0.3 is 21.3 Å². The van der Waals surface area contributed by atoms with Crippen LogP contribution < -0.4 is 21.3 Å². The van der Waals surface area contributed by atoms with Crippen molar-refractivity contribution in [3.63, 3.8) is 0 Å². The number of thiazole rings is 1. The third-order valence-corrected chi connectivity index (χ3v) is 6.19. The largest absolute Gasteiger partial charge is 0.355 e. The molecule has 180 valence electrons. The fourth-order valence-corrected chi connectivity index (χ4v) is 4.40. The molecule has 0 saturated carbocycles. The maximum absolute atomic E-state index is 12.8. The first-order chi connectivity index (χ1) is 16.2. The second kappa shape index (κ2) is 11.6. The Kier molecular flexibility index (Phi) is 8.59. The molecule has 1 heterocycles. The third-order valence-electron chi connectivity index (χ3n) is 5.21. The molecule has 0 fully saturated rings. The number of rotatable bonds is 10. The van der Waals surface area contributed by atoms with Gasteiger partial charge in [0.1, 0.15) is 6.04 Å². The number of anilines is 1. The lowest BCUT2D eigenvalue weighted by Gasteiger charge is -2.20. The Morgan fingerprint density at radius 1 is 1.06 bits per heavy atom. The number of amides is 3. The van der Waals surface area contributed by atoms with Crippen LogP contribution in [0.15, 0.2) is 42.5 Å². The fraction of sp³-hybridized carbons (Fsp3) is 0.360. The molecule has 0 unspecified atom stereocenters. The summed E-state index contributed by atoms with van der Waals surface area (Å²) in [6.07, 6.45) is 0.521. The molecule has 0 aliphatic heterocycles. The third kappa shape index (κ3) is 7.02. The van der Waals surface area contributed by atoms with Gasteiger partial charge in [-0.3, -0.25) is 14.4 Å². The van der Waals surface area contributed by atoms with E-state index in [1.807, 2.05) is 32.9 Å². The van der Waals surface area contributed by atoms with Crippen LogP contribution in [0.5, 0.6) is 0 Å². The summed E-state index contributed by atoms with van der Waals surface area (Å²) in [5, 5.41) is 12.0. The van der Waals surface area contributed by atoms with Gasteiger partial charge in [0, 0.05) is 19.2 Å². The molecule has 2 aromatic carbocycles. The molecule has 0 bridgehead atoms. The average Bonchev–Trinajstić information content (AvgIpc) is 3.22. The van der Waals surface area contributed by atoms with E-state index in [2.05, 4.69) is 32.3 Å². The lowest BCUT2D eigenvalue weighted by molar-refractivity contribution is -0.128. The lowest BCUT2D eigenvalue weighted by atomic mass is 10.0. The number of carbonyl (C=O) groups excluding carboxylic acids is 3. The van der Waals surface area contributed by atoms with Crippen molar-refractivity contribution in [2.75, 3.05) is 18.9 Å². The summed E-state index contributed by atoms with van der Waals surface area (Å²) >= 11 is 1.49. The summed E-state index contributed by atoms with van der Waals surface area (Å²) in [4.78, 5) is 41.5. The van der Waals surface area contributed by atoms with Crippen molar-refractivity contribution in [1.29, 1.82) is 0 Å². The Balaban J connectivity index is 1.54. The lowest BCUT2D eigenvalue weighted by Crippen LogP contribution is -2.48. The molecule has 8 nitrogen and oxygen atoms in total. The van der Waals surface area contributed by atoms with Crippen molar-refractivity contribution in [3.8, 4) is 0 Å². The highest BCUT2D eigenvalue weighted by molar-refractivity contribution is 7.22. The van der Waals surface area contributed by atoms with Gasteiger partial charge in [0.25, 0.3) is 5.91 Å². The van der Waals surface area contributed by atoms with Crippen molar-refractivity contribution in [1.82, 2.24) is 20.9 Å². The molecule has 34 heavy (non-hydrogen) atoms. The van der Waals surface area contributed by atoms with Gasteiger partial charge in [0.05, 0.1) is 16.8 Å². The minimum absolute atomic E-state index is 0.0294. The van der Waals surface area contributed by atoms with Crippen molar-refractivity contribution >= 4 is 44.4 Å². The number of nitrogens with zero attached hydrogens (tertiary/aromatic N) is 1. The molecule has 3 rings (SSSR count). The first kappa shape index (κ1) is 25.2. The smallest absolute Gasteiger partial charge is 0.251 e. The van der Waals surface area contributed by atoms with Gasteiger partial charge in [0.2, 0.25) is 11.8 Å². The van der Waals surface area contributed by atoms with E-state index in [0.717, 1.165) is 21.3 Å². The summed E-state index contributed by atoms with van der Waals surface area (Å²) < 4.78 is 1.06. The number of aryl methyl sites for hydroxylation is 1. The molecule has 1 aromatic heterocycles. The van der Waals surface area contributed by atoms with Crippen molar-refractivity contribution in [2.45, 2.75) is 39.8 Å².